The number of rotatable bonds is 3. The Hall–Kier alpha value is -1.35. The lowest BCUT2D eigenvalue weighted by Crippen LogP contribution is -2.42. The lowest BCUT2D eigenvalue weighted by atomic mass is 10.1. The number of hydrogen-bond acceptors (Lipinski definition) is 2. The summed E-state index contributed by atoms with van der Waals surface area (Å²) in [5.74, 6) is 0.227. The molecule has 3 rings (SSSR count). The van der Waals surface area contributed by atoms with Gasteiger partial charge in [0.05, 0.1) is 0 Å². The van der Waals surface area contributed by atoms with Crippen molar-refractivity contribution in [3.63, 3.8) is 0 Å². The average molecular weight is 272 g/mol. The Morgan fingerprint density at radius 1 is 1.15 bits per heavy atom. The molecule has 0 aliphatic carbocycles. The van der Waals surface area contributed by atoms with Gasteiger partial charge in [-0.15, -0.1) is 0 Å². The highest BCUT2D eigenvalue weighted by molar-refractivity contribution is 5.96. The van der Waals surface area contributed by atoms with E-state index in [-0.39, 0.29) is 5.91 Å². The molecule has 2 aliphatic heterocycles. The van der Waals surface area contributed by atoms with E-state index in [2.05, 4.69) is 9.80 Å². The van der Waals surface area contributed by atoms with E-state index in [0.29, 0.717) is 6.04 Å². The Morgan fingerprint density at radius 2 is 1.90 bits per heavy atom. The van der Waals surface area contributed by atoms with Gasteiger partial charge in [0.15, 0.2) is 0 Å². The number of likely N-dealkylation sites (tertiary alicyclic amines) is 2. The van der Waals surface area contributed by atoms with Gasteiger partial charge in [0.2, 0.25) is 0 Å². The summed E-state index contributed by atoms with van der Waals surface area (Å²) in [6.45, 7) is 6.44. The van der Waals surface area contributed by atoms with Crippen LogP contribution in [0.25, 0.3) is 0 Å². The van der Waals surface area contributed by atoms with Crippen molar-refractivity contribution in [2.45, 2.75) is 38.6 Å². The standard InChI is InChI=1S/C17H24N2O/c1-14-7-2-3-9-16(14)17(20)19-12-6-8-15(19)13-18-10-4-5-11-18/h2-3,7,9,15H,4-6,8,10-13H2,1H3. The Labute approximate surface area is 121 Å². The molecule has 0 aromatic heterocycles. The molecule has 108 valence electrons. The van der Waals surface area contributed by atoms with Gasteiger partial charge in [0.1, 0.15) is 0 Å². The maximum atomic E-state index is 12.8. The fourth-order valence-corrected chi connectivity index (χ4v) is 3.52. The summed E-state index contributed by atoms with van der Waals surface area (Å²) in [7, 11) is 0. The van der Waals surface area contributed by atoms with Crippen molar-refractivity contribution in [3.8, 4) is 0 Å². The van der Waals surface area contributed by atoms with E-state index in [0.717, 1.165) is 37.1 Å². The Bertz CT molecular complexity index is 480. The number of hydrogen-bond donors (Lipinski definition) is 0. The van der Waals surface area contributed by atoms with Gasteiger partial charge in [0, 0.05) is 24.7 Å². The molecule has 2 saturated heterocycles. The largest absolute Gasteiger partial charge is 0.334 e. The Balaban J connectivity index is 1.71. The molecule has 0 bridgehead atoms. The van der Waals surface area contributed by atoms with Crippen LogP contribution in [0.5, 0.6) is 0 Å². The first-order chi connectivity index (χ1) is 9.75. The minimum Gasteiger partial charge on any atom is -0.334 e. The van der Waals surface area contributed by atoms with Crippen molar-refractivity contribution in [3.05, 3.63) is 35.4 Å². The third-order valence-electron chi connectivity index (χ3n) is 4.68. The van der Waals surface area contributed by atoms with Crippen molar-refractivity contribution in [2.75, 3.05) is 26.2 Å². The van der Waals surface area contributed by atoms with Gasteiger partial charge >= 0.3 is 0 Å². The molecule has 3 heteroatoms. The van der Waals surface area contributed by atoms with Gasteiger partial charge in [0.25, 0.3) is 5.91 Å². The van der Waals surface area contributed by atoms with Crippen LogP contribution in [0, 0.1) is 6.92 Å². The highest BCUT2D eigenvalue weighted by Crippen LogP contribution is 2.23. The minimum absolute atomic E-state index is 0.227. The normalized spacial score (nSPS) is 23.4. The quantitative estimate of drug-likeness (QED) is 0.844. The molecule has 2 fully saturated rings. The molecular weight excluding hydrogens is 248 g/mol. The summed E-state index contributed by atoms with van der Waals surface area (Å²) >= 11 is 0. The zero-order valence-corrected chi connectivity index (χ0v) is 12.3. The van der Waals surface area contributed by atoms with Crippen LogP contribution in [0.3, 0.4) is 0 Å². The summed E-state index contributed by atoms with van der Waals surface area (Å²) in [6.07, 6.45) is 4.95. The third kappa shape index (κ3) is 2.73. The van der Waals surface area contributed by atoms with Gasteiger partial charge < -0.3 is 9.80 Å². The molecule has 0 radical (unpaired) electrons. The van der Waals surface area contributed by atoms with E-state index in [1.54, 1.807) is 0 Å². The van der Waals surface area contributed by atoms with Gasteiger partial charge in [-0.2, -0.15) is 0 Å². The van der Waals surface area contributed by atoms with Crippen LogP contribution in [-0.2, 0) is 0 Å². The van der Waals surface area contributed by atoms with Crippen LogP contribution < -0.4 is 0 Å². The number of carbonyl (C=O) groups excluding carboxylic acids is 1. The molecule has 0 spiro atoms. The highest BCUT2D eigenvalue weighted by Gasteiger charge is 2.31. The van der Waals surface area contributed by atoms with Crippen molar-refractivity contribution in [2.24, 2.45) is 0 Å². The molecule has 2 heterocycles. The zero-order valence-electron chi connectivity index (χ0n) is 12.3. The maximum Gasteiger partial charge on any atom is 0.254 e. The number of carbonyl (C=O) groups is 1. The SMILES string of the molecule is Cc1ccccc1C(=O)N1CCCC1CN1CCCC1. The molecule has 1 amide bonds. The van der Waals surface area contributed by atoms with Crippen LogP contribution >= 0.6 is 0 Å². The van der Waals surface area contributed by atoms with Gasteiger partial charge in [-0.1, -0.05) is 18.2 Å². The maximum absolute atomic E-state index is 12.8. The minimum atomic E-state index is 0.227. The van der Waals surface area contributed by atoms with E-state index in [1.807, 2.05) is 31.2 Å². The molecule has 1 atom stereocenters. The molecule has 20 heavy (non-hydrogen) atoms. The molecule has 1 unspecified atom stereocenters. The topological polar surface area (TPSA) is 23.6 Å². The number of amides is 1. The second-order valence-corrected chi connectivity index (χ2v) is 6.12. The predicted octanol–water partition coefficient (Wildman–Crippen LogP) is 2.70. The summed E-state index contributed by atoms with van der Waals surface area (Å²) in [6, 6.07) is 8.37. The molecule has 0 saturated carbocycles. The second-order valence-electron chi connectivity index (χ2n) is 6.12. The molecule has 0 N–H and O–H groups in total. The summed E-state index contributed by atoms with van der Waals surface area (Å²) in [5.41, 5.74) is 1.96. The lowest BCUT2D eigenvalue weighted by Gasteiger charge is -2.29. The zero-order chi connectivity index (χ0) is 13.9. The average Bonchev–Trinajstić information content (AvgIpc) is 3.11. The Kier molecular flexibility index (Phi) is 4.06. The van der Waals surface area contributed by atoms with Crippen molar-refractivity contribution < 1.29 is 4.79 Å². The van der Waals surface area contributed by atoms with E-state index in [1.165, 1.54) is 25.9 Å². The van der Waals surface area contributed by atoms with Crippen molar-refractivity contribution in [1.82, 2.24) is 9.80 Å². The first kappa shape index (κ1) is 13.6. The second kappa shape index (κ2) is 5.96. The van der Waals surface area contributed by atoms with Gasteiger partial charge in [-0.25, -0.2) is 0 Å². The Morgan fingerprint density at radius 3 is 2.65 bits per heavy atom. The van der Waals surface area contributed by atoms with Gasteiger partial charge in [-0.05, 0) is 57.3 Å². The fourth-order valence-electron chi connectivity index (χ4n) is 3.52. The van der Waals surface area contributed by atoms with E-state index < -0.39 is 0 Å². The van der Waals surface area contributed by atoms with Crippen molar-refractivity contribution >= 4 is 5.91 Å². The van der Waals surface area contributed by atoms with Crippen LogP contribution in [0.4, 0.5) is 0 Å². The summed E-state index contributed by atoms with van der Waals surface area (Å²) < 4.78 is 0. The molecule has 1 aromatic rings. The third-order valence-corrected chi connectivity index (χ3v) is 4.68. The molecule has 1 aromatic carbocycles. The molecule has 2 aliphatic rings. The van der Waals surface area contributed by atoms with Crippen LogP contribution in [0.2, 0.25) is 0 Å². The van der Waals surface area contributed by atoms with Crippen LogP contribution in [0.1, 0.15) is 41.6 Å². The molecular formula is C17H24N2O. The van der Waals surface area contributed by atoms with E-state index >= 15 is 0 Å². The highest BCUT2D eigenvalue weighted by atomic mass is 16.2. The smallest absolute Gasteiger partial charge is 0.254 e. The lowest BCUT2D eigenvalue weighted by molar-refractivity contribution is 0.0708. The fraction of sp³-hybridized carbons (Fsp3) is 0.588. The van der Waals surface area contributed by atoms with E-state index in [9.17, 15) is 4.79 Å². The summed E-state index contributed by atoms with van der Waals surface area (Å²) in [4.78, 5) is 17.4. The first-order valence-electron chi connectivity index (χ1n) is 7.84. The molecule has 3 nitrogen and oxygen atoms in total. The number of benzene rings is 1. The summed E-state index contributed by atoms with van der Waals surface area (Å²) in [5, 5.41) is 0. The predicted molar refractivity (Wildman–Crippen MR) is 80.9 cm³/mol. The van der Waals surface area contributed by atoms with Crippen molar-refractivity contribution in [1.29, 1.82) is 0 Å². The number of aryl methyl sites for hydroxylation is 1. The first-order valence-corrected chi connectivity index (χ1v) is 7.84. The number of nitrogens with zero attached hydrogens (tertiary/aromatic N) is 2. The van der Waals surface area contributed by atoms with E-state index in [4.69, 9.17) is 0 Å². The van der Waals surface area contributed by atoms with Crippen LogP contribution in [-0.4, -0.2) is 47.9 Å². The van der Waals surface area contributed by atoms with Gasteiger partial charge in [-0.3, -0.25) is 4.79 Å². The van der Waals surface area contributed by atoms with Crippen LogP contribution in [0.15, 0.2) is 24.3 Å². The monoisotopic (exact) mass is 272 g/mol.